The van der Waals surface area contributed by atoms with Crippen molar-refractivity contribution in [1.82, 2.24) is 10.2 Å². The van der Waals surface area contributed by atoms with Crippen molar-refractivity contribution in [3.63, 3.8) is 0 Å². The molecule has 0 radical (unpaired) electrons. The third-order valence-corrected chi connectivity index (χ3v) is 8.29. The zero-order chi connectivity index (χ0) is 28.3. The molecule has 206 valence electrons. The summed E-state index contributed by atoms with van der Waals surface area (Å²) in [5.74, 6) is -3.32. The van der Waals surface area contributed by atoms with Crippen LogP contribution in [0.15, 0.2) is 66.7 Å². The summed E-state index contributed by atoms with van der Waals surface area (Å²) in [5.41, 5.74) is 1.68. The number of carbonyl (C=O) groups excluding carboxylic acids is 1. The zero-order valence-electron chi connectivity index (χ0n) is 20.8. The van der Waals surface area contributed by atoms with Crippen molar-refractivity contribution in [3.8, 4) is 0 Å². The first kappa shape index (κ1) is 28.8. The molecule has 1 aliphatic heterocycles. The molecule has 0 aromatic heterocycles. The summed E-state index contributed by atoms with van der Waals surface area (Å²) >= 11 is 12.1. The van der Waals surface area contributed by atoms with Gasteiger partial charge in [0.25, 0.3) is 5.91 Å². The van der Waals surface area contributed by atoms with Crippen molar-refractivity contribution in [1.29, 1.82) is 0 Å². The fourth-order valence-corrected chi connectivity index (χ4v) is 6.13. The number of hydrogen-bond donors (Lipinski definition) is 3. The monoisotopic (exact) mass is 593 g/mol. The van der Waals surface area contributed by atoms with E-state index in [1.165, 1.54) is 6.92 Å². The van der Waals surface area contributed by atoms with Gasteiger partial charge < -0.3 is 10.4 Å². The van der Waals surface area contributed by atoms with Crippen LogP contribution in [0.3, 0.4) is 0 Å². The molecule has 39 heavy (non-hydrogen) atoms. The van der Waals surface area contributed by atoms with Gasteiger partial charge in [0.05, 0.1) is 17.5 Å². The molecule has 1 amide bonds. The standard InChI is InChI=1S/C27H26Cl2FN3O5S/c1-16(27(35)36)31-26(34)20-10-23(30)12-24(11-20)32-39(37,38)15-17-13-33(14-17)25(18-2-6-21(28)7-3-18)19-4-8-22(29)9-5-19/h2-12,16-17,25,32H,13-15H2,1H3,(H,31,34)(H,35,36)/t16-/m0/s1. The lowest BCUT2D eigenvalue weighted by Crippen LogP contribution is -2.51. The molecular weight excluding hydrogens is 568 g/mol. The first-order valence-electron chi connectivity index (χ1n) is 12.0. The van der Waals surface area contributed by atoms with Crippen LogP contribution in [-0.2, 0) is 14.8 Å². The predicted molar refractivity (Wildman–Crippen MR) is 148 cm³/mol. The highest BCUT2D eigenvalue weighted by Crippen LogP contribution is 2.36. The molecule has 0 unspecified atom stereocenters. The van der Waals surface area contributed by atoms with Crippen molar-refractivity contribution in [2.45, 2.75) is 19.0 Å². The van der Waals surface area contributed by atoms with Crippen molar-refractivity contribution in [2.75, 3.05) is 23.6 Å². The predicted octanol–water partition coefficient (Wildman–Crippen LogP) is 4.80. The Labute approximate surface area is 235 Å². The fourth-order valence-electron chi connectivity index (χ4n) is 4.48. The molecule has 1 atom stereocenters. The Hall–Kier alpha value is -3.18. The van der Waals surface area contributed by atoms with Crippen molar-refractivity contribution in [2.24, 2.45) is 5.92 Å². The van der Waals surface area contributed by atoms with Crippen LogP contribution in [0.4, 0.5) is 10.1 Å². The van der Waals surface area contributed by atoms with Gasteiger partial charge in [0.15, 0.2) is 0 Å². The molecule has 3 aromatic rings. The van der Waals surface area contributed by atoms with E-state index in [1.807, 2.05) is 24.3 Å². The molecule has 3 N–H and O–H groups in total. The number of benzene rings is 3. The fraction of sp³-hybridized carbons (Fsp3) is 0.259. The number of nitrogens with zero attached hydrogens (tertiary/aromatic N) is 1. The second-order valence-electron chi connectivity index (χ2n) is 9.47. The average molecular weight is 594 g/mol. The van der Waals surface area contributed by atoms with E-state index >= 15 is 0 Å². The number of aliphatic carboxylic acids is 1. The van der Waals surface area contributed by atoms with Gasteiger partial charge in [-0.25, -0.2) is 12.8 Å². The molecule has 8 nitrogen and oxygen atoms in total. The Bertz CT molecular complexity index is 1420. The van der Waals surface area contributed by atoms with Gasteiger partial charge in [0.2, 0.25) is 10.0 Å². The molecular formula is C27H26Cl2FN3O5S. The van der Waals surface area contributed by atoms with E-state index in [0.717, 1.165) is 29.3 Å². The molecule has 0 aliphatic carbocycles. The summed E-state index contributed by atoms with van der Waals surface area (Å²) in [6.45, 7) is 2.26. The van der Waals surface area contributed by atoms with E-state index in [9.17, 15) is 22.4 Å². The highest BCUT2D eigenvalue weighted by atomic mass is 35.5. The highest BCUT2D eigenvalue weighted by Gasteiger charge is 2.36. The normalized spacial score (nSPS) is 15.0. The lowest BCUT2D eigenvalue weighted by atomic mass is 9.91. The maximum atomic E-state index is 14.2. The number of carbonyl (C=O) groups is 2. The van der Waals surface area contributed by atoms with E-state index in [0.29, 0.717) is 23.1 Å². The summed E-state index contributed by atoms with van der Waals surface area (Å²) in [6.07, 6.45) is 0. The van der Waals surface area contributed by atoms with Crippen LogP contribution in [0.5, 0.6) is 0 Å². The van der Waals surface area contributed by atoms with Gasteiger partial charge in [-0.1, -0.05) is 47.5 Å². The van der Waals surface area contributed by atoms with E-state index in [2.05, 4.69) is 14.9 Å². The molecule has 1 saturated heterocycles. The number of sulfonamides is 1. The Morgan fingerprint density at radius 2 is 1.54 bits per heavy atom. The summed E-state index contributed by atoms with van der Waals surface area (Å²) < 4.78 is 42.3. The number of halogens is 3. The molecule has 12 heteroatoms. The van der Waals surface area contributed by atoms with E-state index in [4.69, 9.17) is 28.3 Å². The van der Waals surface area contributed by atoms with Crippen LogP contribution in [0.2, 0.25) is 10.0 Å². The maximum absolute atomic E-state index is 14.2. The van der Waals surface area contributed by atoms with E-state index < -0.39 is 33.8 Å². The van der Waals surface area contributed by atoms with Crippen LogP contribution in [-0.4, -0.2) is 55.2 Å². The first-order chi connectivity index (χ1) is 18.4. The number of nitrogens with one attached hydrogen (secondary N) is 2. The number of carboxylic acid groups (broad SMARTS) is 1. The number of carboxylic acids is 1. The van der Waals surface area contributed by atoms with E-state index in [1.54, 1.807) is 24.3 Å². The Balaban J connectivity index is 1.43. The number of amides is 1. The molecule has 4 rings (SSSR count). The SMILES string of the molecule is C[C@H](NC(=O)c1cc(F)cc(NS(=O)(=O)CC2CN(C(c3ccc(Cl)cc3)c3ccc(Cl)cc3)C2)c1)C(=O)O. The number of likely N-dealkylation sites (tertiary alicyclic amines) is 1. The quantitative estimate of drug-likeness (QED) is 0.311. The maximum Gasteiger partial charge on any atom is 0.325 e. The third-order valence-electron chi connectivity index (χ3n) is 6.33. The minimum absolute atomic E-state index is 0.121. The van der Waals surface area contributed by atoms with Crippen LogP contribution >= 0.6 is 23.2 Å². The molecule has 1 aliphatic rings. The molecule has 1 heterocycles. The summed E-state index contributed by atoms with van der Waals surface area (Å²) in [4.78, 5) is 25.4. The number of anilines is 1. The summed E-state index contributed by atoms with van der Waals surface area (Å²) in [6, 6.07) is 16.7. The van der Waals surface area contributed by atoms with E-state index in [-0.39, 0.29) is 29.0 Å². The highest BCUT2D eigenvalue weighted by molar-refractivity contribution is 7.92. The summed E-state index contributed by atoms with van der Waals surface area (Å²) in [7, 11) is -3.88. The molecule has 0 bridgehead atoms. The van der Waals surface area contributed by atoms with Gasteiger partial charge >= 0.3 is 5.97 Å². The summed E-state index contributed by atoms with van der Waals surface area (Å²) in [5, 5.41) is 12.4. The minimum Gasteiger partial charge on any atom is -0.480 e. The minimum atomic E-state index is -3.88. The average Bonchev–Trinajstić information content (AvgIpc) is 2.83. The molecule has 1 fully saturated rings. The molecule has 3 aromatic carbocycles. The smallest absolute Gasteiger partial charge is 0.325 e. The Morgan fingerprint density at radius 1 is 1.00 bits per heavy atom. The van der Waals surface area contributed by atoms with Gasteiger partial charge in [-0.3, -0.25) is 19.2 Å². The van der Waals surface area contributed by atoms with Gasteiger partial charge in [-0.05, 0) is 60.5 Å². The Morgan fingerprint density at radius 3 is 2.05 bits per heavy atom. The number of hydrogen-bond acceptors (Lipinski definition) is 5. The van der Waals surface area contributed by atoms with Crippen molar-refractivity contribution in [3.05, 3.63) is 99.3 Å². The molecule has 0 spiro atoms. The number of rotatable bonds is 10. The Kier molecular flexibility index (Phi) is 8.80. The van der Waals surface area contributed by atoms with Crippen molar-refractivity contribution < 1.29 is 27.5 Å². The lowest BCUT2D eigenvalue weighted by molar-refractivity contribution is -0.138. The van der Waals surface area contributed by atoms with Gasteiger partial charge in [-0.15, -0.1) is 0 Å². The zero-order valence-corrected chi connectivity index (χ0v) is 23.1. The van der Waals surface area contributed by atoms with Gasteiger partial charge in [0, 0.05) is 34.6 Å². The first-order valence-corrected chi connectivity index (χ1v) is 14.4. The van der Waals surface area contributed by atoms with Crippen LogP contribution in [0.1, 0.15) is 34.5 Å². The largest absolute Gasteiger partial charge is 0.480 e. The second-order valence-corrected chi connectivity index (χ2v) is 12.1. The van der Waals surface area contributed by atoms with Crippen LogP contribution in [0, 0.1) is 11.7 Å². The topological polar surface area (TPSA) is 116 Å². The lowest BCUT2D eigenvalue weighted by Gasteiger charge is -2.44. The van der Waals surface area contributed by atoms with Crippen LogP contribution in [0.25, 0.3) is 0 Å². The van der Waals surface area contributed by atoms with Crippen molar-refractivity contribution >= 4 is 50.8 Å². The second kappa shape index (κ2) is 11.9. The van der Waals surface area contributed by atoms with Gasteiger partial charge in [0.1, 0.15) is 11.9 Å². The van der Waals surface area contributed by atoms with Crippen LogP contribution < -0.4 is 10.0 Å². The third kappa shape index (κ3) is 7.48. The molecule has 0 saturated carbocycles. The van der Waals surface area contributed by atoms with Gasteiger partial charge in [-0.2, -0.15) is 0 Å².